The lowest BCUT2D eigenvalue weighted by Gasteiger charge is -2.31. The van der Waals surface area contributed by atoms with Crippen LogP contribution in [0, 0.1) is 0 Å². The molecule has 0 bridgehead atoms. The van der Waals surface area contributed by atoms with Crippen molar-refractivity contribution in [3.05, 3.63) is 94.3 Å². The number of fused-ring (bicyclic) bond motifs is 2. The molecule has 4 aromatic rings. The number of pyridine rings is 2. The van der Waals surface area contributed by atoms with Gasteiger partial charge in [0.15, 0.2) is 11.6 Å². The summed E-state index contributed by atoms with van der Waals surface area (Å²) in [6.07, 6.45) is 8.26. The minimum absolute atomic E-state index is 0.0150. The van der Waals surface area contributed by atoms with Crippen LogP contribution in [0.5, 0.6) is 0 Å². The van der Waals surface area contributed by atoms with Crippen molar-refractivity contribution in [2.75, 3.05) is 13.1 Å². The van der Waals surface area contributed by atoms with Crippen LogP contribution in [-0.2, 0) is 29.5 Å². The summed E-state index contributed by atoms with van der Waals surface area (Å²) in [4.78, 5) is 32.1. The Morgan fingerprint density at radius 3 is 2.65 bits per heavy atom. The summed E-state index contributed by atoms with van der Waals surface area (Å²) in [6, 6.07) is 16.0. The highest BCUT2D eigenvalue weighted by Crippen LogP contribution is 2.32. The summed E-state index contributed by atoms with van der Waals surface area (Å²) < 4.78 is 16.0. The number of hydrogen-bond acceptors (Lipinski definition) is 6. The first-order valence-electron chi connectivity index (χ1n) is 14.1. The van der Waals surface area contributed by atoms with Gasteiger partial charge in [0.1, 0.15) is 11.3 Å². The number of aryl methyl sites for hydroxylation is 1. The zero-order chi connectivity index (χ0) is 27.9. The lowest BCUT2D eigenvalue weighted by molar-refractivity contribution is -0.148. The minimum atomic E-state index is -0.630. The van der Waals surface area contributed by atoms with Crippen LogP contribution in [-0.4, -0.2) is 55.7 Å². The fourth-order valence-corrected chi connectivity index (χ4v) is 5.89. The van der Waals surface area contributed by atoms with Gasteiger partial charge in [-0.25, -0.2) is 4.98 Å². The highest BCUT2D eigenvalue weighted by atomic mass is 16.8. The molecule has 40 heavy (non-hydrogen) atoms. The third kappa shape index (κ3) is 5.66. The largest absolute Gasteiger partial charge is 0.345 e. The minimum Gasteiger partial charge on any atom is -0.345 e. The number of hydrogen-bond donors (Lipinski definition) is 0. The Bertz CT molecular complexity index is 1600. The SMILES string of the molecule is Cn1ccc(-c2ccc3nc(C(=O)CCC[C@@H]4OC(C)(C)O[C@H]4CN4CCc5ccccc5C4)cn3c2)cc1=O. The Hall–Kier alpha value is -3.59. The predicted octanol–water partition coefficient (Wildman–Crippen LogP) is 4.63. The van der Waals surface area contributed by atoms with Crippen molar-refractivity contribution in [3.8, 4) is 11.1 Å². The van der Waals surface area contributed by atoms with Crippen LogP contribution >= 0.6 is 0 Å². The Labute approximate surface area is 234 Å². The molecule has 5 heterocycles. The maximum Gasteiger partial charge on any atom is 0.250 e. The van der Waals surface area contributed by atoms with Crippen LogP contribution in [0.25, 0.3) is 16.8 Å². The molecule has 8 heteroatoms. The monoisotopic (exact) mass is 540 g/mol. The van der Waals surface area contributed by atoms with Crippen molar-refractivity contribution in [1.29, 1.82) is 0 Å². The van der Waals surface area contributed by atoms with E-state index in [0.29, 0.717) is 24.2 Å². The molecule has 2 aliphatic heterocycles. The van der Waals surface area contributed by atoms with Gasteiger partial charge in [0.2, 0.25) is 0 Å². The second-order valence-corrected chi connectivity index (χ2v) is 11.5. The molecule has 0 spiro atoms. The lowest BCUT2D eigenvalue weighted by atomic mass is 9.98. The van der Waals surface area contributed by atoms with Gasteiger partial charge in [-0.15, -0.1) is 0 Å². The van der Waals surface area contributed by atoms with E-state index in [2.05, 4.69) is 34.1 Å². The first-order valence-corrected chi connectivity index (χ1v) is 14.1. The standard InChI is InChI=1S/C32H36N4O4/c1-32(2)39-28(29(40-32)21-35-16-14-22-7-4-5-8-24(22)18-35)10-6-9-27(37)26-20-36-19-25(11-12-30(36)33-26)23-13-15-34(3)31(38)17-23/h4-5,7-8,11-13,15,17,19-20,28-29H,6,9-10,14,16,18,21H2,1-3H3/t28-,29-/m0/s1. The Balaban J connectivity index is 1.07. The van der Waals surface area contributed by atoms with Gasteiger partial charge in [0, 0.05) is 57.8 Å². The third-order valence-corrected chi connectivity index (χ3v) is 8.00. The Kier molecular flexibility index (Phi) is 7.16. The van der Waals surface area contributed by atoms with Gasteiger partial charge in [-0.3, -0.25) is 14.5 Å². The Morgan fingerprint density at radius 2 is 1.82 bits per heavy atom. The number of ketones is 1. The van der Waals surface area contributed by atoms with Crippen LogP contribution in [0.2, 0.25) is 0 Å². The molecular weight excluding hydrogens is 504 g/mol. The molecule has 6 rings (SSSR count). The number of rotatable bonds is 8. The molecule has 3 aromatic heterocycles. The fraction of sp³-hybridized carbons (Fsp3) is 0.406. The zero-order valence-electron chi connectivity index (χ0n) is 23.4. The van der Waals surface area contributed by atoms with E-state index in [9.17, 15) is 9.59 Å². The molecule has 0 unspecified atom stereocenters. The van der Waals surface area contributed by atoms with Gasteiger partial charge >= 0.3 is 0 Å². The summed E-state index contributed by atoms with van der Waals surface area (Å²) >= 11 is 0. The number of nitrogens with zero attached hydrogens (tertiary/aromatic N) is 4. The highest BCUT2D eigenvalue weighted by molar-refractivity contribution is 5.94. The lowest BCUT2D eigenvalue weighted by Crippen LogP contribution is -2.40. The number of ether oxygens (including phenoxy) is 2. The van der Waals surface area contributed by atoms with Crippen molar-refractivity contribution < 1.29 is 14.3 Å². The van der Waals surface area contributed by atoms with E-state index in [1.165, 1.54) is 15.7 Å². The summed E-state index contributed by atoms with van der Waals surface area (Å²) in [5.74, 6) is -0.615. The number of benzene rings is 1. The predicted molar refractivity (Wildman–Crippen MR) is 153 cm³/mol. The van der Waals surface area contributed by atoms with Gasteiger partial charge in [-0.05, 0) is 73.6 Å². The van der Waals surface area contributed by atoms with Gasteiger partial charge in [0.25, 0.3) is 5.56 Å². The van der Waals surface area contributed by atoms with E-state index < -0.39 is 5.79 Å². The highest BCUT2D eigenvalue weighted by Gasteiger charge is 2.41. The first-order chi connectivity index (χ1) is 19.2. The third-order valence-electron chi connectivity index (χ3n) is 8.00. The zero-order valence-corrected chi connectivity index (χ0v) is 23.4. The number of carbonyl (C=O) groups is 1. The van der Waals surface area contributed by atoms with Crippen LogP contribution in [0.1, 0.15) is 54.7 Å². The van der Waals surface area contributed by atoms with Crippen molar-refractivity contribution in [3.63, 3.8) is 0 Å². The molecular formula is C32H36N4O4. The average molecular weight is 541 g/mol. The average Bonchev–Trinajstić information content (AvgIpc) is 3.49. The molecule has 0 amide bonds. The van der Waals surface area contributed by atoms with Gasteiger partial charge in [-0.2, -0.15) is 0 Å². The molecule has 2 aliphatic rings. The van der Waals surface area contributed by atoms with Crippen molar-refractivity contribution >= 4 is 11.4 Å². The summed E-state index contributed by atoms with van der Waals surface area (Å²) in [6.45, 7) is 6.69. The van der Waals surface area contributed by atoms with E-state index in [1.807, 2.05) is 42.6 Å². The van der Waals surface area contributed by atoms with Crippen LogP contribution in [0.15, 0.2) is 71.9 Å². The van der Waals surface area contributed by atoms with Gasteiger partial charge in [0.05, 0.1) is 12.2 Å². The van der Waals surface area contributed by atoms with E-state index >= 15 is 0 Å². The maximum atomic E-state index is 13.1. The summed E-state index contributed by atoms with van der Waals surface area (Å²) in [5.41, 5.74) is 5.64. The molecule has 0 aliphatic carbocycles. The first kappa shape index (κ1) is 26.6. The van der Waals surface area contributed by atoms with Crippen molar-refractivity contribution in [2.24, 2.45) is 7.05 Å². The number of carbonyl (C=O) groups excluding carboxylic acids is 1. The normalized spacial score (nSPS) is 20.6. The smallest absolute Gasteiger partial charge is 0.250 e. The molecule has 208 valence electrons. The van der Waals surface area contributed by atoms with Crippen LogP contribution in [0.4, 0.5) is 0 Å². The number of imidazole rings is 1. The van der Waals surface area contributed by atoms with Crippen LogP contribution < -0.4 is 5.56 Å². The molecule has 1 aromatic carbocycles. The van der Waals surface area contributed by atoms with Crippen molar-refractivity contribution in [1.82, 2.24) is 18.9 Å². The number of Topliss-reactive ketones (excluding diaryl/α,β-unsaturated/α-hetero) is 1. The molecule has 1 fully saturated rings. The van der Waals surface area contributed by atoms with Crippen LogP contribution in [0.3, 0.4) is 0 Å². The molecule has 2 atom stereocenters. The second kappa shape index (κ2) is 10.8. The molecule has 1 saturated heterocycles. The number of aromatic nitrogens is 3. The quantitative estimate of drug-likeness (QED) is 0.303. The molecule has 8 nitrogen and oxygen atoms in total. The second-order valence-electron chi connectivity index (χ2n) is 11.5. The Morgan fingerprint density at radius 1 is 1.02 bits per heavy atom. The van der Waals surface area contributed by atoms with Gasteiger partial charge in [-0.1, -0.05) is 24.3 Å². The van der Waals surface area contributed by atoms with Crippen molar-refractivity contribution in [2.45, 2.75) is 64.1 Å². The van der Waals surface area contributed by atoms with E-state index in [1.54, 1.807) is 25.5 Å². The van der Waals surface area contributed by atoms with Gasteiger partial charge < -0.3 is 18.4 Å². The topological polar surface area (TPSA) is 78.1 Å². The molecule has 0 N–H and O–H groups in total. The fourth-order valence-electron chi connectivity index (χ4n) is 5.89. The summed E-state index contributed by atoms with van der Waals surface area (Å²) in [7, 11) is 1.73. The maximum absolute atomic E-state index is 13.1. The van der Waals surface area contributed by atoms with E-state index in [-0.39, 0.29) is 23.6 Å². The van der Waals surface area contributed by atoms with E-state index in [4.69, 9.17) is 9.47 Å². The molecule has 0 radical (unpaired) electrons. The molecule has 0 saturated carbocycles. The van der Waals surface area contributed by atoms with E-state index in [0.717, 1.165) is 43.6 Å². The summed E-state index contributed by atoms with van der Waals surface area (Å²) in [5, 5.41) is 0.